The lowest BCUT2D eigenvalue weighted by Gasteiger charge is -2.21. The van der Waals surface area contributed by atoms with Gasteiger partial charge in [-0.2, -0.15) is 10.1 Å². The highest BCUT2D eigenvalue weighted by atomic mass is 35.5. The molecule has 0 aliphatic carbocycles. The summed E-state index contributed by atoms with van der Waals surface area (Å²) in [5.74, 6) is 1.94. The van der Waals surface area contributed by atoms with Crippen molar-refractivity contribution in [1.29, 1.82) is 0 Å². The lowest BCUT2D eigenvalue weighted by Crippen LogP contribution is -2.34. The van der Waals surface area contributed by atoms with Gasteiger partial charge in [-0.1, -0.05) is 25.4 Å². The molecule has 1 saturated heterocycles. The molecule has 27 heavy (non-hydrogen) atoms. The van der Waals surface area contributed by atoms with Crippen molar-refractivity contribution in [3.05, 3.63) is 35.6 Å². The molecule has 4 rings (SSSR count). The van der Waals surface area contributed by atoms with Crippen LogP contribution in [0.4, 0.5) is 17.5 Å². The molecule has 1 fully saturated rings. The van der Waals surface area contributed by atoms with Crippen molar-refractivity contribution in [2.75, 3.05) is 29.9 Å². The first-order chi connectivity index (χ1) is 13.1. The van der Waals surface area contributed by atoms with E-state index in [1.165, 1.54) is 0 Å². The van der Waals surface area contributed by atoms with Crippen molar-refractivity contribution in [3.8, 4) is 0 Å². The maximum atomic E-state index is 6.34. The number of aromatic nitrogens is 4. The molecule has 3 N–H and O–H groups in total. The van der Waals surface area contributed by atoms with Crippen LogP contribution >= 0.6 is 11.6 Å². The second-order valence-corrected chi connectivity index (χ2v) is 7.65. The zero-order valence-corrected chi connectivity index (χ0v) is 16.3. The van der Waals surface area contributed by atoms with Crippen molar-refractivity contribution < 1.29 is 0 Å². The molecule has 1 atom stereocenters. The van der Waals surface area contributed by atoms with Gasteiger partial charge in [0.25, 0.3) is 0 Å². The lowest BCUT2D eigenvalue weighted by molar-refractivity contribution is 0.403. The standard InChI is InChI=1S/C19H24ClN7/c1-12(2)16-5-7-27(8-6-21-16)19-22-11-15(20)18(25-19)24-14-3-4-17-13(9-14)10-23-26-17/h3-4,9-12,16,21H,5-8H2,1-2H3,(H,23,26)(H,22,24,25). The summed E-state index contributed by atoms with van der Waals surface area (Å²) in [4.78, 5) is 11.4. The van der Waals surface area contributed by atoms with E-state index in [9.17, 15) is 0 Å². The molecule has 142 valence electrons. The van der Waals surface area contributed by atoms with Crippen LogP contribution in [0, 0.1) is 5.92 Å². The van der Waals surface area contributed by atoms with Crippen LogP contribution in [0.2, 0.25) is 5.02 Å². The quantitative estimate of drug-likeness (QED) is 0.637. The van der Waals surface area contributed by atoms with Crippen LogP contribution in [0.5, 0.6) is 0 Å². The van der Waals surface area contributed by atoms with Gasteiger partial charge in [-0.3, -0.25) is 5.10 Å². The summed E-state index contributed by atoms with van der Waals surface area (Å²) in [6, 6.07) is 6.50. The van der Waals surface area contributed by atoms with Crippen LogP contribution in [0.3, 0.4) is 0 Å². The number of nitrogens with one attached hydrogen (secondary N) is 3. The zero-order chi connectivity index (χ0) is 18.8. The number of benzene rings is 1. The van der Waals surface area contributed by atoms with Gasteiger partial charge < -0.3 is 15.5 Å². The molecule has 7 nitrogen and oxygen atoms in total. The number of hydrogen-bond donors (Lipinski definition) is 3. The summed E-state index contributed by atoms with van der Waals surface area (Å²) >= 11 is 6.34. The molecule has 2 aromatic heterocycles. The van der Waals surface area contributed by atoms with E-state index in [1.807, 2.05) is 18.2 Å². The van der Waals surface area contributed by atoms with Crippen molar-refractivity contribution >= 4 is 40.0 Å². The second kappa shape index (κ2) is 7.70. The summed E-state index contributed by atoms with van der Waals surface area (Å²) < 4.78 is 0. The molecule has 0 saturated carbocycles. The van der Waals surface area contributed by atoms with Gasteiger partial charge in [0.1, 0.15) is 5.02 Å². The molecule has 0 spiro atoms. The smallest absolute Gasteiger partial charge is 0.227 e. The number of aromatic amines is 1. The molecule has 3 heterocycles. The Morgan fingerprint density at radius 3 is 3.00 bits per heavy atom. The number of fused-ring (bicyclic) bond motifs is 1. The zero-order valence-electron chi connectivity index (χ0n) is 15.5. The molecule has 0 radical (unpaired) electrons. The number of nitrogens with zero attached hydrogens (tertiary/aromatic N) is 4. The van der Waals surface area contributed by atoms with Crippen LogP contribution in [-0.4, -0.2) is 45.8 Å². The minimum Gasteiger partial charge on any atom is -0.339 e. The highest BCUT2D eigenvalue weighted by molar-refractivity contribution is 6.32. The van der Waals surface area contributed by atoms with Crippen LogP contribution in [0.1, 0.15) is 20.3 Å². The van der Waals surface area contributed by atoms with E-state index in [1.54, 1.807) is 12.4 Å². The molecule has 1 aliphatic rings. The summed E-state index contributed by atoms with van der Waals surface area (Å²) in [5.41, 5.74) is 1.90. The lowest BCUT2D eigenvalue weighted by atomic mass is 10.0. The van der Waals surface area contributed by atoms with Crippen LogP contribution in [-0.2, 0) is 0 Å². The van der Waals surface area contributed by atoms with Crippen LogP contribution < -0.4 is 15.5 Å². The van der Waals surface area contributed by atoms with Gasteiger partial charge in [-0.15, -0.1) is 0 Å². The Hall–Kier alpha value is -2.38. The number of anilines is 3. The fourth-order valence-corrected chi connectivity index (χ4v) is 3.56. The first-order valence-corrected chi connectivity index (χ1v) is 9.69. The van der Waals surface area contributed by atoms with Gasteiger partial charge in [-0.05, 0) is 30.5 Å². The van der Waals surface area contributed by atoms with Gasteiger partial charge in [-0.25, -0.2) is 4.98 Å². The van der Waals surface area contributed by atoms with E-state index in [0.717, 1.165) is 42.6 Å². The molecule has 3 aromatic rings. The fourth-order valence-electron chi connectivity index (χ4n) is 3.42. The van der Waals surface area contributed by atoms with Crippen LogP contribution in [0.15, 0.2) is 30.6 Å². The predicted octanol–water partition coefficient (Wildman–Crippen LogP) is 3.57. The first kappa shape index (κ1) is 18.0. The minimum atomic E-state index is 0.499. The highest BCUT2D eigenvalue weighted by Gasteiger charge is 2.21. The van der Waals surface area contributed by atoms with E-state index in [-0.39, 0.29) is 0 Å². The molecule has 1 aromatic carbocycles. The molecular weight excluding hydrogens is 362 g/mol. The van der Waals surface area contributed by atoms with Gasteiger partial charge in [0.15, 0.2) is 5.82 Å². The molecule has 0 amide bonds. The number of H-pyrrole nitrogens is 1. The van der Waals surface area contributed by atoms with Gasteiger partial charge in [0.2, 0.25) is 5.95 Å². The number of halogens is 1. The van der Waals surface area contributed by atoms with Gasteiger partial charge in [0.05, 0.1) is 17.9 Å². The monoisotopic (exact) mass is 385 g/mol. The Labute approximate surface area is 163 Å². The van der Waals surface area contributed by atoms with E-state index >= 15 is 0 Å². The van der Waals surface area contributed by atoms with Crippen LogP contribution in [0.25, 0.3) is 10.9 Å². The molecular formula is C19H24ClN7. The Bertz CT molecular complexity index is 923. The Morgan fingerprint density at radius 2 is 2.15 bits per heavy atom. The van der Waals surface area contributed by atoms with Crippen molar-refractivity contribution in [1.82, 2.24) is 25.5 Å². The topological polar surface area (TPSA) is 81.8 Å². The van der Waals surface area contributed by atoms with Crippen molar-refractivity contribution in [3.63, 3.8) is 0 Å². The van der Waals surface area contributed by atoms with E-state index in [0.29, 0.717) is 28.7 Å². The fraction of sp³-hybridized carbons (Fsp3) is 0.421. The van der Waals surface area contributed by atoms with E-state index < -0.39 is 0 Å². The van der Waals surface area contributed by atoms with Gasteiger partial charge in [0, 0.05) is 36.7 Å². The van der Waals surface area contributed by atoms with Gasteiger partial charge >= 0.3 is 0 Å². The highest BCUT2D eigenvalue weighted by Crippen LogP contribution is 2.27. The number of rotatable bonds is 4. The maximum Gasteiger partial charge on any atom is 0.227 e. The molecule has 8 heteroatoms. The molecule has 1 unspecified atom stereocenters. The SMILES string of the molecule is CC(C)C1CCN(c2ncc(Cl)c(Nc3ccc4[nH]ncc4c3)n2)CCN1. The second-order valence-electron chi connectivity index (χ2n) is 7.24. The average Bonchev–Trinajstić information content (AvgIpc) is 2.97. The Balaban J connectivity index is 1.54. The third kappa shape index (κ3) is 3.99. The maximum absolute atomic E-state index is 6.34. The van der Waals surface area contributed by atoms with E-state index in [2.05, 4.69) is 44.6 Å². The normalized spacial score (nSPS) is 18.1. The Kier molecular flexibility index (Phi) is 5.13. The third-order valence-corrected chi connectivity index (χ3v) is 5.30. The average molecular weight is 386 g/mol. The van der Waals surface area contributed by atoms with Crippen molar-refractivity contribution in [2.24, 2.45) is 5.92 Å². The Morgan fingerprint density at radius 1 is 1.26 bits per heavy atom. The predicted molar refractivity (Wildman–Crippen MR) is 110 cm³/mol. The number of hydrogen-bond acceptors (Lipinski definition) is 6. The first-order valence-electron chi connectivity index (χ1n) is 9.31. The summed E-state index contributed by atoms with van der Waals surface area (Å²) in [6.07, 6.45) is 4.54. The largest absolute Gasteiger partial charge is 0.339 e. The summed E-state index contributed by atoms with van der Waals surface area (Å²) in [5, 5.41) is 15.5. The summed E-state index contributed by atoms with van der Waals surface area (Å²) in [6.45, 7) is 7.24. The minimum absolute atomic E-state index is 0.499. The van der Waals surface area contributed by atoms with E-state index in [4.69, 9.17) is 16.6 Å². The summed E-state index contributed by atoms with van der Waals surface area (Å²) in [7, 11) is 0. The molecule has 1 aliphatic heterocycles. The third-order valence-electron chi connectivity index (χ3n) is 5.02. The van der Waals surface area contributed by atoms with Crippen molar-refractivity contribution in [2.45, 2.75) is 26.3 Å². The molecule has 0 bridgehead atoms.